The highest BCUT2D eigenvalue weighted by Crippen LogP contribution is 2.70. The lowest BCUT2D eigenvalue weighted by Gasteiger charge is -2.66. The molecule has 0 unspecified atom stereocenters. The first-order chi connectivity index (χ1) is 6.98. The summed E-state index contributed by atoms with van der Waals surface area (Å²) < 4.78 is 24.3. The minimum atomic E-state index is -3.10. The summed E-state index contributed by atoms with van der Waals surface area (Å²) in [6, 6.07) is 8.78. The molecule has 80 valence electrons. The fourth-order valence-corrected chi connectivity index (χ4v) is 7.29. The molecule has 4 rings (SSSR count). The summed E-state index contributed by atoms with van der Waals surface area (Å²) in [6.07, 6.45) is 2.33. The molecule has 2 bridgehead atoms. The third-order valence-corrected chi connectivity index (χ3v) is 6.85. The minimum absolute atomic E-state index is 0.148. The number of sulfone groups is 1. The topological polar surface area (TPSA) is 34.1 Å². The van der Waals surface area contributed by atoms with Gasteiger partial charge in [-0.25, -0.2) is 8.42 Å². The molecule has 15 heavy (non-hydrogen) atoms. The van der Waals surface area contributed by atoms with Gasteiger partial charge in [0.15, 0.2) is 9.84 Å². The minimum Gasteiger partial charge on any atom is -0.223 e. The van der Waals surface area contributed by atoms with Crippen molar-refractivity contribution in [1.29, 1.82) is 0 Å². The molecule has 3 fully saturated rings. The number of alkyl halides is 1. The van der Waals surface area contributed by atoms with E-state index >= 15 is 0 Å². The first-order valence-corrected chi connectivity index (χ1v) is 7.24. The summed E-state index contributed by atoms with van der Waals surface area (Å²) in [4.78, 5) is 0.472. The van der Waals surface area contributed by atoms with Gasteiger partial charge in [0.2, 0.25) is 0 Å². The van der Waals surface area contributed by atoms with E-state index in [1.807, 2.05) is 6.07 Å². The Morgan fingerprint density at radius 3 is 2.07 bits per heavy atom. The number of benzene rings is 1. The maximum Gasteiger partial charge on any atom is 0.184 e. The molecule has 0 amide bonds. The van der Waals surface area contributed by atoms with E-state index in [0.717, 1.165) is 19.3 Å². The standard InChI is InChI=1S/C11H11BrO2S/c12-10-6-11(7-10,8-10)15(13,14)9-4-2-1-3-5-9/h1-5H,6-8H2. The van der Waals surface area contributed by atoms with Crippen molar-refractivity contribution < 1.29 is 8.42 Å². The Hall–Kier alpha value is -0.350. The Labute approximate surface area is 97.7 Å². The van der Waals surface area contributed by atoms with E-state index in [0.29, 0.717) is 4.90 Å². The van der Waals surface area contributed by atoms with Crippen LogP contribution in [0.3, 0.4) is 0 Å². The van der Waals surface area contributed by atoms with Crippen LogP contribution in [0.4, 0.5) is 0 Å². The van der Waals surface area contributed by atoms with E-state index < -0.39 is 14.6 Å². The molecule has 0 heterocycles. The Morgan fingerprint density at radius 1 is 1.07 bits per heavy atom. The van der Waals surface area contributed by atoms with Crippen LogP contribution in [0, 0.1) is 0 Å². The SMILES string of the molecule is O=S(=O)(c1ccccc1)C12CC(Br)(C1)C2. The Balaban J connectivity index is 2.00. The van der Waals surface area contributed by atoms with Crippen molar-refractivity contribution in [1.82, 2.24) is 0 Å². The molecule has 0 atom stereocenters. The molecule has 4 heteroatoms. The van der Waals surface area contributed by atoms with Gasteiger partial charge in [0.25, 0.3) is 0 Å². The average molecular weight is 287 g/mol. The van der Waals surface area contributed by atoms with Crippen molar-refractivity contribution in [3.8, 4) is 0 Å². The van der Waals surface area contributed by atoms with Crippen molar-refractivity contribution in [2.24, 2.45) is 0 Å². The summed E-state index contributed by atoms with van der Waals surface area (Å²) in [6.45, 7) is 0. The largest absolute Gasteiger partial charge is 0.223 e. The van der Waals surface area contributed by atoms with Gasteiger partial charge in [0.05, 0.1) is 9.64 Å². The second-order valence-electron chi connectivity index (χ2n) is 4.68. The smallest absolute Gasteiger partial charge is 0.184 e. The van der Waals surface area contributed by atoms with E-state index in [1.54, 1.807) is 24.3 Å². The average Bonchev–Trinajstić information content (AvgIpc) is 2.13. The molecule has 0 saturated heterocycles. The summed E-state index contributed by atoms with van der Waals surface area (Å²) in [5.41, 5.74) is 0. The summed E-state index contributed by atoms with van der Waals surface area (Å²) >= 11 is 3.57. The van der Waals surface area contributed by atoms with Crippen LogP contribution < -0.4 is 0 Å². The van der Waals surface area contributed by atoms with E-state index in [4.69, 9.17) is 0 Å². The molecule has 2 nitrogen and oxygen atoms in total. The lowest BCUT2D eigenvalue weighted by Crippen LogP contribution is -2.71. The molecule has 1 aromatic carbocycles. The van der Waals surface area contributed by atoms with Gasteiger partial charge in [-0.3, -0.25) is 0 Å². The third-order valence-electron chi connectivity index (χ3n) is 3.54. The van der Waals surface area contributed by atoms with Crippen LogP contribution in [0.1, 0.15) is 19.3 Å². The van der Waals surface area contributed by atoms with Gasteiger partial charge in [-0.15, -0.1) is 0 Å². The first kappa shape index (κ1) is 9.85. The monoisotopic (exact) mass is 286 g/mol. The molecule has 3 aliphatic rings. The molecular weight excluding hydrogens is 276 g/mol. The van der Waals surface area contributed by atoms with Gasteiger partial charge in [0, 0.05) is 4.32 Å². The van der Waals surface area contributed by atoms with Gasteiger partial charge in [0.1, 0.15) is 0 Å². The van der Waals surface area contributed by atoms with Crippen molar-refractivity contribution in [3.05, 3.63) is 30.3 Å². The fourth-order valence-electron chi connectivity index (χ4n) is 2.71. The van der Waals surface area contributed by atoms with E-state index in [-0.39, 0.29) is 4.32 Å². The highest BCUT2D eigenvalue weighted by molar-refractivity contribution is 9.10. The number of hydrogen-bond donors (Lipinski definition) is 0. The van der Waals surface area contributed by atoms with Crippen LogP contribution in [0.5, 0.6) is 0 Å². The quantitative estimate of drug-likeness (QED) is 0.783. The van der Waals surface area contributed by atoms with Crippen LogP contribution in [0.25, 0.3) is 0 Å². The van der Waals surface area contributed by atoms with Crippen LogP contribution in [0.2, 0.25) is 0 Å². The summed E-state index contributed by atoms with van der Waals surface area (Å²) in [5, 5.41) is 0. The number of hydrogen-bond acceptors (Lipinski definition) is 2. The predicted octanol–water partition coefficient (Wildman–Crippen LogP) is 2.53. The van der Waals surface area contributed by atoms with E-state index in [2.05, 4.69) is 15.9 Å². The normalized spacial score (nSPS) is 37.9. The van der Waals surface area contributed by atoms with Gasteiger partial charge < -0.3 is 0 Å². The highest BCUT2D eigenvalue weighted by atomic mass is 79.9. The van der Waals surface area contributed by atoms with Crippen LogP contribution >= 0.6 is 15.9 Å². The maximum absolute atomic E-state index is 12.3. The maximum atomic E-state index is 12.3. The van der Waals surface area contributed by atoms with Crippen molar-refractivity contribution in [2.75, 3.05) is 0 Å². The van der Waals surface area contributed by atoms with Crippen molar-refractivity contribution in [3.63, 3.8) is 0 Å². The van der Waals surface area contributed by atoms with Crippen molar-refractivity contribution >= 4 is 25.8 Å². The van der Waals surface area contributed by atoms with Crippen LogP contribution in [0.15, 0.2) is 35.2 Å². The van der Waals surface area contributed by atoms with Gasteiger partial charge in [-0.05, 0) is 31.4 Å². The molecule has 0 aromatic heterocycles. The molecule has 0 aliphatic heterocycles. The fraction of sp³-hybridized carbons (Fsp3) is 0.455. The van der Waals surface area contributed by atoms with Crippen molar-refractivity contribution in [2.45, 2.75) is 33.2 Å². The van der Waals surface area contributed by atoms with E-state index in [9.17, 15) is 8.42 Å². The summed E-state index contributed by atoms with van der Waals surface area (Å²) in [5.74, 6) is 0. The molecule has 1 aromatic rings. The molecule has 0 radical (unpaired) electrons. The zero-order valence-electron chi connectivity index (χ0n) is 8.11. The van der Waals surface area contributed by atoms with Crippen LogP contribution in [-0.4, -0.2) is 17.5 Å². The first-order valence-electron chi connectivity index (χ1n) is 4.96. The lowest BCUT2D eigenvalue weighted by molar-refractivity contribution is 0.0935. The van der Waals surface area contributed by atoms with Crippen LogP contribution in [-0.2, 0) is 9.84 Å². The zero-order valence-corrected chi connectivity index (χ0v) is 10.5. The molecular formula is C11H11BrO2S. The van der Waals surface area contributed by atoms with Gasteiger partial charge in [-0.1, -0.05) is 34.1 Å². The molecule has 0 N–H and O–H groups in total. The predicted molar refractivity (Wildman–Crippen MR) is 61.9 cm³/mol. The Bertz CT molecular complexity index is 487. The van der Waals surface area contributed by atoms with Gasteiger partial charge >= 0.3 is 0 Å². The highest BCUT2D eigenvalue weighted by Gasteiger charge is 2.73. The molecule has 3 aliphatic carbocycles. The Morgan fingerprint density at radius 2 is 1.60 bits per heavy atom. The number of rotatable bonds is 2. The molecule has 3 saturated carbocycles. The zero-order chi connectivity index (χ0) is 10.7. The second kappa shape index (κ2) is 2.66. The van der Waals surface area contributed by atoms with Gasteiger partial charge in [-0.2, -0.15) is 0 Å². The lowest BCUT2D eigenvalue weighted by atomic mass is 9.55. The summed E-state index contributed by atoms with van der Waals surface area (Å²) in [7, 11) is -3.10. The Kier molecular flexibility index (Phi) is 1.75. The number of halogens is 1. The van der Waals surface area contributed by atoms with E-state index in [1.165, 1.54) is 0 Å². The third kappa shape index (κ3) is 1.12. The second-order valence-corrected chi connectivity index (χ2v) is 8.71. The molecule has 0 spiro atoms.